The van der Waals surface area contributed by atoms with Crippen molar-refractivity contribution in [1.82, 2.24) is 14.8 Å². The lowest BCUT2D eigenvalue weighted by Gasteiger charge is -2.22. The van der Waals surface area contributed by atoms with E-state index in [1.54, 1.807) is 0 Å². The Balaban J connectivity index is 2.06. The number of hydrogen-bond acceptors (Lipinski definition) is 3. The molecule has 0 aliphatic carbocycles. The minimum absolute atomic E-state index is 0.117. The van der Waals surface area contributed by atoms with E-state index < -0.39 is 0 Å². The van der Waals surface area contributed by atoms with Crippen LogP contribution in [0.4, 0.5) is 0 Å². The van der Waals surface area contributed by atoms with Gasteiger partial charge < -0.3 is 10.3 Å². The second kappa shape index (κ2) is 4.17. The molecule has 1 unspecified atom stereocenters. The molecule has 1 atom stereocenters. The Bertz CT molecular complexity index is 362. The fourth-order valence-electron chi connectivity index (χ4n) is 2.16. The summed E-state index contributed by atoms with van der Waals surface area (Å²) in [6, 6.07) is 0. The number of aryl methyl sites for hydroxylation is 1. The minimum Gasteiger partial charge on any atom is -0.326 e. The number of hydrogen-bond donors (Lipinski definition) is 1. The summed E-state index contributed by atoms with van der Waals surface area (Å²) in [5.41, 5.74) is 5.88. The Morgan fingerprint density at radius 1 is 1.44 bits per heavy atom. The molecule has 1 aliphatic heterocycles. The normalized spacial score (nSPS) is 20.9. The molecule has 0 aromatic carbocycles. The molecule has 0 spiro atoms. The van der Waals surface area contributed by atoms with Gasteiger partial charge in [-0.3, -0.25) is 0 Å². The molecule has 4 heteroatoms. The Hall–Kier alpha value is -0.900. The van der Waals surface area contributed by atoms with Gasteiger partial charge in [-0.25, -0.2) is 0 Å². The van der Waals surface area contributed by atoms with Crippen molar-refractivity contribution in [1.29, 1.82) is 0 Å². The lowest BCUT2D eigenvalue weighted by Crippen LogP contribution is -2.32. The molecule has 90 valence electrons. The Kier molecular flexibility index (Phi) is 3.02. The molecule has 0 radical (unpaired) electrons. The Labute approximate surface area is 97.2 Å². The molecule has 1 aromatic rings. The van der Waals surface area contributed by atoms with E-state index in [4.69, 9.17) is 5.73 Å². The van der Waals surface area contributed by atoms with Crippen LogP contribution in [0.5, 0.6) is 0 Å². The molecule has 16 heavy (non-hydrogen) atoms. The van der Waals surface area contributed by atoms with Crippen molar-refractivity contribution in [3.8, 4) is 0 Å². The van der Waals surface area contributed by atoms with Gasteiger partial charge in [0.15, 0.2) is 0 Å². The average Bonchev–Trinajstić information content (AvgIpc) is 2.56. The summed E-state index contributed by atoms with van der Waals surface area (Å²) < 4.78 is 2.28. The van der Waals surface area contributed by atoms with Gasteiger partial charge in [-0.1, -0.05) is 6.92 Å². The standard InChI is InChI=1S/C12H22N4/c1-9-5-7-16-10(4-6-12(2,3)13)14-15-11(16)8-9/h9H,4-8,13H2,1-3H3. The molecule has 1 aromatic heterocycles. The fraction of sp³-hybridized carbons (Fsp3) is 0.833. The highest BCUT2D eigenvalue weighted by Crippen LogP contribution is 2.20. The predicted octanol–water partition coefficient (Wildman–Crippen LogP) is 1.53. The highest BCUT2D eigenvalue weighted by Gasteiger charge is 2.21. The van der Waals surface area contributed by atoms with Gasteiger partial charge in [0.25, 0.3) is 0 Å². The maximum Gasteiger partial charge on any atom is 0.133 e. The second-order valence-electron chi connectivity index (χ2n) is 5.77. The van der Waals surface area contributed by atoms with Gasteiger partial charge in [0, 0.05) is 24.9 Å². The van der Waals surface area contributed by atoms with Crippen molar-refractivity contribution in [3.05, 3.63) is 11.6 Å². The Morgan fingerprint density at radius 3 is 2.88 bits per heavy atom. The van der Waals surface area contributed by atoms with E-state index in [-0.39, 0.29) is 5.54 Å². The van der Waals surface area contributed by atoms with Crippen molar-refractivity contribution in [2.24, 2.45) is 11.7 Å². The number of fused-ring (bicyclic) bond motifs is 1. The molecule has 1 aliphatic rings. The monoisotopic (exact) mass is 222 g/mol. The quantitative estimate of drug-likeness (QED) is 0.843. The molecular formula is C12H22N4. The number of rotatable bonds is 3. The van der Waals surface area contributed by atoms with Crippen LogP contribution in [0.2, 0.25) is 0 Å². The van der Waals surface area contributed by atoms with Crippen LogP contribution >= 0.6 is 0 Å². The summed E-state index contributed by atoms with van der Waals surface area (Å²) in [5.74, 6) is 3.01. The van der Waals surface area contributed by atoms with Crippen LogP contribution in [-0.2, 0) is 19.4 Å². The van der Waals surface area contributed by atoms with Gasteiger partial charge in [0.05, 0.1) is 0 Å². The van der Waals surface area contributed by atoms with Crippen LogP contribution in [-0.4, -0.2) is 20.3 Å². The van der Waals surface area contributed by atoms with Crippen molar-refractivity contribution in [3.63, 3.8) is 0 Å². The maximum atomic E-state index is 5.99. The SMILES string of the molecule is CC1CCn2c(CCC(C)(C)N)nnc2C1. The topological polar surface area (TPSA) is 56.7 Å². The molecule has 2 N–H and O–H groups in total. The smallest absolute Gasteiger partial charge is 0.133 e. The number of nitrogens with two attached hydrogens (primary N) is 1. The van der Waals surface area contributed by atoms with E-state index >= 15 is 0 Å². The third-order valence-corrected chi connectivity index (χ3v) is 3.27. The largest absolute Gasteiger partial charge is 0.326 e. The van der Waals surface area contributed by atoms with Crippen molar-refractivity contribution in [2.75, 3.05) is 0 Å². The first-order chi connectivity index (χ1) is 7.46. The van der Waals surface area contributed by atoms with E-state index in [0.717, 1.165) is 43.4 Å². The third kappa shape index (κ3) is 2.61. The van der Waals surface area contributed by atoms with Gasteiger partial charge in [-0.2, -0.15) is 0 Å². The first kappa shape index (κ1) is 11.6. The molecule has 2 rings (SSSR count). The van der Waals surface area contributed by atoms with Crippen LogP contribution in [0.15, 0.2) is 0 Å². The van der Waals surface area contributed by atoms with Gasteiger partial charge >= 0.3 is 0 Å². The Morgan fingerprint density at radius 2 is 2.19 bits per heavy atom. The summed E-state index contributed by atoms with van der Waals surface area (Å²) in [4.78, 5) is 0. The lowest BCUT2D eigenvalue weighted by atomic mass is 9.98. The van der Waals surface area contributed by atoms with Crippen molar-refractivity contribution >= 4 is 0 Å². The third-order valence-electron chi connectivity index (χ3n) is 3.27. The van der Waals surface area contributed by atoms with Gasteiger partial charge in [0.2, 0.25) is 0 Å². The van der Waals surface area contributed by atoms with E-state index in [0.29, 0.717) is 0 Å². The van der Waals surface area contributed by atoms with E-state index in [9.17, 15) is 0 Å². The zero-order chi connectivity index (χ0) is 11.8. The summed E-state index contributed by atoms with van der Waals surface area (Å²) in [6.07, 6.45) is 4.20. The number of nitrogens with zero attached hydrogens (tertiary/aromatic N) is 3. The van der Waals surface area contributed by atoms with Crippen LogP contribution in [0, 0.1) is 5.92 Å². The minimum atomic E-state index is -0.117. The first-order valence-corrected chi connectivity index (χ1v) is 6.15. The summed E-state index contributed by atoms with van der Waals surface area (Å²) >= 11 is 0. The van der Waals surface area contributed by atoms with Crippen LogP contribution < -0.4 is 5.73 Å². The molecule has 4 nitrogen and oxygen atoms in total. The van der Waals surface area contributed by atoms with Gasteiger partial charge in [-0.05, 0) is 32.6 Å². The predicted molar refractivity (Wildman–Crippen MR) is 64.1 cm³/mol. The van der Waals surface area contributed by atoms with Crippen LogP contribution in [0.25, 0.3) is 0 Å². The zero-order valence-electron chi connectivity index (χ0n) is 10.5. The molecule has 2 heterocycles. The fourth-order valence-corrected chi connectivity index (χ4v) is 2.16. The zero-order valence-corrected chi connectivity index (χ0v) is 10.5. The summed E-state index contributed by atoms with van der Waals surface area (Å²) in [5, 5.41) is 8.57. The maximum absolute atomic E-state index is 5.99. The van der Waals surface area contributed by atoms with Gasteiger partial charge in [0.1, 0.15) is 11.6 Å². The lowest BCUT2D eigenvalue weighted by molar-refractivity contribution is 0.395. The van der Waals surface area contributed by atoms with Crippen LogP contribution in [0.3, 0.4) is 0 Å². The van der Waals surface area contributed by atoms with E-state index in [1.165, 1.54) is 6.42 Å². The first-order valence-electron chi connectivity index (χ1n) is 6.15. The molecule has 0 saturated carbocycles. The van der Waals surface area contributed by atoms with Crippen LogP contribution in [0.1, 0.15) is 45.3 Å². The second-order valence-corrected chi connectivity index (χ2v) is 5.77. The van der Waals surface area contributed by atoms with Gasteiger partial charge in [-0.15, -0.1) is 10.2 Å². The molecule has 0 amide bonds. The van der Waals surface area contributed by atoms with Crippen molar-refractivity contribution in [2.45, 2.75) is 58.5 Å². The molecular weight excluding hydrogens is 200 g/mol. The van der Waals surface area contributed by atoms with E-state index in [1.807, 2.05) is 0 Å². The summed E-state index contributed by atoms with van der Waals surface area (Å²) in [7, 11) is 0. The average molecular weight is 222 g/mol. The number of aromatic nitrogens is 3. The summed E-state index contributed by atoms with van der Waals surface area (Å²) in [6.45, 7) is 7.47. The highest BCUT2D eigenvalue weighted by molar-refractivity contribution is 5.01. The van der Waals surface area contributed by atoms with Crippen molar-refractivity contribution < 1.29 is 0 Å². The molecule has 0 fully saturated rings. The molecule has 0 bridgehead atoms. The van der Waals surface area contributed by atoms with E-state index in [2.05, 4.69) is 35.5 Å². The highest BCUT2D eigenvalue weighted by atomic mass is 15.3. The molecule has 0 saturated heterocycles.